The Bertz CT molecular complexity index is 379. The fraction of sp³-hybridized carbons (Fsp3) is 0.583. The minimum absolute atomic E-state index is 0.0773. The summed E-state index contributed by atoms with van der Waals surface area (Å²) in [6, 6.07) is 0. The fourth-order valence-corrected chi connectivity index (χ4v) is 1.83. The first-order chi connectivity index (χ1) is 7.76. The molecule has 0 saturated carbocycles. The van der Waals surface area contributed by atoms with Gasteiger partial charge in [0, 0.05) is 17.3 Å². The highest BCUT2D eigenvalue weighted by Gasteiger charge is 2.20. The first-order valence-electron chi connectivity index (χ1n) is 5.58. The van der Waals surface area contributed by atoms with E-state index in [1.807, 2.05) is 6.92 Å². The third-order valence-corrected chi connectivity index (χ3v) is 2.88. The van der Waals surface area contributed by atoms with Gasteiger partial charge >= 0.3 is 0 Å². The topological polar surface area (TPSA) is 51.6 Å². The van der Waals surface area contributed by atoms with Gasteiger partial charge in [0.05, 0.1) is 25.0 Å². The van der Waals surface area contributed by atoms with Crippen molar-refractivity contribution in [3.8, 4) is 5.75 Å². The summed E-state index contributed by atoms with van der Waals surface area (Å²) < 4.78 is 11.4. The average molecular weight is 223 g/mol. The van der Waals surface area contributed by atoms with Crippen LogP contribution in [0.3, 0.4) is 0 Å². The van der Waals surface area contributed by atoms with Crippen molar-refractivity contribution in [2.45, 2.75) is 39.6 Å². The van der Waals surface area contributed by atoms with Crippen molar-refractivity contribution in [3.05, 3.63) is 23.0 Å². The highest BCUT2D eigenvalue weighted by molar-refractivity contribution is 5.42. The molecule has 16 heavy (non-hydrogen) atoms. The van der Waals surface area contributed by atoms with E-state index in [1.165, 1.54) is 0 Å². The van der Waals surface area contributed by atoms with Gasteiger partial charge in [-0.2, -0.15) is 0 Å². The van der Waals surface area contributed by atoms with Crippen molar-refractivity contribution in [2.75, 3.05) is 6.61 Å². The van der Waals surface area contributed by atoms with Crippen LogP contribution < -0.4 is 4.74 Å². The molecule has 0 fully saturated rings. The smallest absolute Gasteiger partial charge is 0.131 e. The summed E-state index contributed by atoms with van der Waals surface area (Å²) in [5, 5.41) is 9.23. The van der Waals surface area contributed by atoms with E-state index >= 15 is 0 Å². The number of aliphatic hydroxyl groups is 1. The van der Waals surface area contributed by atoms with Crippen LogP contribution in [0.4, 0.5) is 0 Å². The summed E-state index contributed by atoms with van der Waals surface area (Å²) >= 11 is 0. The molecule has 0 bridgehead atoms. The summed E-state index contributed by atoms with van der Waals surface area (Å²) in [6.07, 6.45) is 2.78. The molecule has 1 aliphatic heterocycles. The molecule has 1 aromatic heterocycles. The Balaban J connectivity index is 2.35. The summed E-state index contributed by atoms with van der Waals surface area (Å²) in [6.45, 7) is 4.99. The molecule has 0 aliphatic carbocycles. The molecule has 0 spiro atoms. The minimum atomic E-state index is -0.0773. The van der Waals surface area contributed by atoms with Gasteiger partial charge in [-0.25, -0.2) is 0 Å². The van der Waals surface area contributed by atoms with Crippen molar-refractivity contribution in [3.63, 3.8) is 0 Å². The maximum Gasteiger partial charge on any atom is 0.131 e. The van der Waals surface area contributed by atoms with Gasteiger partial charge in [-0.1, -0.05) is 6.92 Å². The number of pyridine rings is 1. The first-order valence-corrected chi connectivity index (χ1v) is 5.58. The van der Waals surface area contributed by atoms with E-state index in [1.54, 1.807) is 6.20 Å². The summed E-state index contributed by atoms with van der Waals surface area (Å²) in [7, 11) is 0. The molecular formula is C12H17NO3. The van der Waals surface area contributed by atoms with Crippen LogP contribution in [-0.2, 0) is 18.0 Å². The van der Waals surface area contributed by atoms with E-state index in [0.717, 1.165) is 23.3 Å². The van der Waals surface area contributed by atoms with E-state index in [4.69, 9.17) is 9.47 Å². The second-order valence-electron chi connectivity index (χ2n) is 4.01. The molecular weight excluding hydrogens is 206 g/mol. The molecule has 1 aliphatic rings. The fourth-order valence-electron chi connectivity index (χ4n) is 1.83. The standard InChI is InChI=1S/C12H17NO3/c1-3-9-6-16-12-8(2)4-13-11(5-14)10(12)7-15-9/h4,9,14H,3,5-7H2,1-2H3. The van der Waals surface area contributed by atoms with Crippen LogP contribution in [0.15, 0.2) is 6.20 Å². The maximum absolute atomic E-state index is 9.23. The number of hydrogen-bond donors (Lipinski definition) is 1. The summed E-state index contributed by atoms with van der Waals surface area (Å²) in [4.78, 5) is 4.19. The molecule has 1 atom stereocenters. The van der Waals surface area contributed by atoms with Gasteiger partial charge in [-0.15, -0.1) is 0 Å². The molecule has 2 heterocycles. The van der Waals surface area contributed by atoms with Crippen molar-refractivity contribution in [1.29, 1.82) is 0 Å². The Labute approximate surface area is 95.2 Å². The molecule has 1 unspecified atom stereocenters. The van der Waals surface area contributed by atoms with Crippen LogP contribution in [0, 0.1) is 6.92 Å². The Kier molecular flexibility index (Phi) is 3.41. The SMILES string of the molecule is CCC1COc2c(C)cnc(CO)c2CO1. The Hall–Kier alpha value is -1.13. The number of aryl methyl sites for hydroxylation is 1. The predicted molar refractivity (Wildman–Crippen MR) is 59.3 cm³/mol. The average Bonchev–Trinajstić information content (AvgIpc) is 2.53. The lowest BCUT2D eigenvalue weighted by Crippen LogP contribution is -2.17. The lowest BCUT2D eigenvalue weighted by Gasteiger charge is -2.12. The number of aliphatic hydroxyl groups excluding tert-OH is 1. The molecule has 1 N–H and O–H groups in total. The Morgan fingerprint density at radius 1 is 1.56 bits per heavy atom. The summed E-state index contributed by atoms with van der Waals surface area (Å²) in [5.41, 5.74) is 2.53. The predicted octanol–water partition coefficient (Wildman–Crippen LogP) is 1.57. The van der Waals surface area contributed by atoms with Crippen molar-refractivity contribution >= 4 is 0 Å². The molecule has 1 aromatic rings. The zero-order valence-corrected chi connectivity index (χ0v) is 9.69. The highest BCUT2D eigenvalue weighted by atomic mass is 16.5. The molecule has 4 nitrogen and oxygen atoms in total. The van der Waals surface area contributed by atoms with Gasteiger partial charge in [0.1, 0.15) is 12.4 Å². The van der Waals surface area contributed by atoms with Gasteiger partial charge in [0.15, 0.2) is 0 Å². The molecule has 4 heteroatoms. The second kappa shape index (κ2) is 4.80. The van der Waals surface area contributed by atoms with E-state index in [-0.39, 0.29) is 12.7 Å². The number of fused-ring (bicyclic) bond motifs is 1. The van der Waals surface area contributed by atoms with Crippen molar-refractivity contribution in [2.24, 2.45) is 0 Å². The third kappa shape index (κ3) is 2.03. The highest BCUT2D eigenvalue weighted by Crippen LogP contribution is 2.29. The van der Waals surface area contributed by atoms with Crippen LogP contribution >= 0.6 is 0 Å². The van der Waals surface area contributed by atoms with E-state index in [0.29, 0.717) is 18.9 Å². The van der Waals surface area contributed by atoms with Crippen LogP contribution in [0.25, 0.3) is 0 Å². The first kappa shape index (κ1) is 11.4. The molecule has 0 amide bonds. The Morgan fingerprint density at radius 2 is 2.38 bits per heavy atom. The third-order valence-electron chi connectivity index (χ3n) is 2.88. The second-order valence-corrected chi connectivity index (χ2v) is 4.01. The molecule has 88 valence electrons. The normalized spacial score (nSPS) is 19.8. The van der Waals surface area contributed by atoms with Crippen LogP contribution in [0.5, 0.6) is 5.75 Å². The minimum Gasteiger partial charge on any atom is -0.490 e. The van der Waals surface area contributed by atoms with Crippen LogP contribution in [-0.4, -0.2) is 22.8 Å². The van der Waals surface area contributed by atoms with E-state index in [2.05, 4.69) is 11.9 Å². The quantitative estimate of drug-likeness (QED) is 0.826. The van der Waals surface area contributed by atoms with Crippen LogP contribution in [0.2, 0.25) is 0 Å². The molecule has 0 aromatic carbocycles. The maximum atomic E-state index is 9.23. The monoisotopic (exact) mass is 223 g/mol. The zero-order valence-electron chi connectivity index (χ0n) is 9.69. The number of aromatic nitrogens is 1. The molecule has 0 saturated heterocycles. The summed E-state index contributed by atoms with van der Waals surface area (Å²) in [5.74, 6) is 0.829. The lowest BCUT2D eigenvalue weighted by atomic mass is 10.1. The van der Waals surface area contributed by atoms with Crippen LogP contribution in [0.1, 0.15) is 30.2 Å². The largest absolute Gasteiger partial charge is 0.490 e. The van der Waals surface area contributed by atoms with Gasteiger partial charge in [-0.3, -0.25) is 4.98 Å². The van der Waals surface area contributed by atoms with Crippen molar-refractivity contribution < 1.29 is 14.6 Å². The Morgan fingerprint density at radius 3 is 3.06 bits per heavy atom. The van der Waals surface area contributed by atoms with Gasteiger partial charge in [0.2, 0.25) is 0 Å². The van der Waals surface area contributed by atoms with E-state index < -0.39 is 0 Å². The number of rotatable bonds is 2. The zero-order chi connectivity index (χ0) is 11.5. The number of nitrogens with zero attached hydrogens (tertiary/aromatic N) is 1. The number of hydrogen-bond acceptors (Lipinski definition) is 4. The molecule has 0 radical (unpaired) electrons. The number of ether oxygens (including phenoxy) is 2. The molecule has 2 rings (SSSR count). The van der Waals surface area contributed by atoms with Gasteiger partial charge in [-0.05, 0) is 13.3 Å². The lowest BCUT2D eigenvalue weighted by molar-refractivity contribution is 0.0208. The van der Waals surface area contributed by atoms with Gasteiger partial charge in [0.25, 0.3) is 0 Å². The van der Waals surface area contributed by atoms with Gasteiger partial charge < -0.3 is 14.6 Å². The van der Waals surface area contributed by atoms with E-state index in [9.17, 15) is 5.11 Å². The van der Waals surface area contributed by atoms with Crippen molar-refractivity contribution in [1.82, 2.24) is 4.98 Å².